The molecule has 3 aromatic rings. The molecular formula is C15H16N6O2. The van der Waals surface area contributed by atoms with Crippen molar-refractivity contribution in [3.8, 4) is 0 Å². The average Bonchev–Trinajstić information content (AvgIpc) is 3.01. The van der Waals surface area contributed by atoms with Gasteiger partial charge in [-0.1, -0.05) is 30.3 Å². The number of nitrogens with one attached hydrogen (secondary N) is 1. The van der Waals surface area contributed by atoms with E-state index in [1.54, 1.807) is 12.1 Å². The molecule has 8 nitrogen and oxygen atoms in total. The Hall–Kier alpha value is -3.03. The lowest BCUT2D eigenvalue weighted by atomic mass is 10.0. The summed E-state index contributed by atoms with van der Waals surface area (Å²) in [7, 11) is 0. The van der Waals surface area contributed by atoms with E-state index >= 15 is 0 Å². The van der Waals surface area contributed by atoms with Crippen molar-refractivity contribution < 1.29 is 9.90 Å². The smallest absolute Gasteiger partial charge is 0.303 e. The van der Waals surface area contributed by atoms with Crippen LogP contribution in [-0.4, -0.2) is 42.4 Å². The first-order chi connectivity index (χ1) is 11.2. The van der Waals surface area contributed by atoms with Crippen LogP contribution in [0.3, 0.4) is 0 Å². The summed E-state index contributed by atoms with van der Waals surface area (Å²) in [6, 6.07) is 13.4. The van der Waals surface area contributed by atoms with Gasteiger partial charge < -0.3 is 10.4 Å². The highest BCUT2D eigenvalue weighted by molar-refractivity contribution is 5.66. The number of benzene rings is 1. The Kier molecular flexibility index (Phi) is 4.41. The van der Waals surface area contributed by atoms with Crippen LogP contribution in [0.1, 0.15) is 18.4 Å². The third kappa shape index (κ3) is 4.00. The highest BCUT2D eigenvalue weighted by Crippen LogP contribution is 2.13. The summed E-state index contributed by atoms with van der Waals surface area (Å²) in [4.78, 5) is 10.9. The SMILES string of the molecule is O=C(O)CCC(Cc1ccccc1)Nc1ccc2nnnn2n1. The fourth-order valence-corrected chi connectivity index (χ4v) is 2.36. The zero-order chi connectivity index (χ0) is 16.1. The van der Waals surface area contributed by atoms with Crippen molar-refractivity contribution in [2.45, 2.75) is 25.3 Å². The third-order valence-electron chi connectivity index (χ3n) is 3.45. The number of carboxylic acids is 1. The molecule has 0 fully saturated rings. The Bertz CT molecular complexity index is 789. The fourth-order valence-electron chi connectivity index (χ4n) is 2.36. The molecule has 1 unspecified atom stereocenters. The van der Waals surface area contributed by atoms with Gasteiger partial charge in [-0.25, -0.2) is 0 Å². The molecule has 0 spiro atoms. The minimum absolute atomic E-state index is 0.0464. The summed E-state index contributed by atoms with van der Waals surface area (Å²) in [5, 5.41) is 27.6. The molecule has 0 radical (unpaired) electrons. The van der Waals surface area contributed by atoms with Gasteiger partial charge in [0.15, 0.2) is 5.65 Å². The second-order valence-electron chi connectivity index (χ2n) is 5.21. The Balaban J connectivity index is 1.74. The van der Waals surface area contributed by atoms with Gasteiger partial charge in [0.05, 0.1) is 0 Å². The summed E-state index contributed by atoms with van der Waals surface area (Å²) < 4.78 is 1.33. The minimum Gasteiger partial charge on any atom is -0.481 e. The number of tetrazole rings is 1. The van der Waals surface area contributed by atoms with Crippen molar-refractivity contribution in [3.05, 3.63) is 48.0 Å². The Labute approximate surface area is 132 Å². The van der Waals surface area contributed by atoms with Gasteiger partial charge in [-0.15, -0.1) is 14.8 Å². The molecule has 23 heavy (non-hydrogen) atoms. The van der Waals surface area contributed by atoms with E-state index in [-0.39, 0.29) is 12.5 Å². The van der Waals surface area contributed by atoms with E-state index < -0.39 is 5.97 Å². The van der Waals surface area contributed by atoms with Gasteiger partial charge >= 0.3 is 5.97 Å². The van der Waals surface area contributed by atoms with Crippen LogP contribution in [0.4, 0.5) is 5.82 Å². The van der Waals surface area contributed by atoms with Crippen LogP contribution in [0.25, 0.3) is 5.65 Å². The third-order valence-corrected chi connectivity index (χ3v) is 3.45. The number of carbonyl (C=O) groups is 1. The summed E-state index contributed by atoms with van der Waals surface area (Å²) in [5.41, 5.74) is 1.69. The minimum atomic E-state index is -0.811. The van der Waals surface area contributed by atoms with Crippen LogP contribution in [-0.2, 0) is 11.2 Å². The van der Waals surface area contributed by atoms with Crippen molar-refractivity contribution in [2.24, 2.45) is 0 Å². The van der Waals surface area contributed by atoms with Crippen LogP contribution in [0, 0.1) is 0 Å². The molecule has 0 bridgehead atoms. The number of aliphatic carboxylic acids is 1. The zero-order valence-corrected chi connectivity index (χ0v) is 12.3. The van der Waals surface area contributed by atoms with Crippen LogP contribution < -0.4 is 5.32 Å². The molecule has 2 aromatic heterocycles. The van der Waals surface area contributed by atoms with E-state index in [1.165, 1.54) is 4.63 Å². The number of fused-ring (bicyclic) bond motifs is 1. The van der Waals surface area contributed by atoms with Crippen LogP contribution in [0.2, 0.25) is 0 Å². The van der Waals surface area contributed by atoms with Crippen molar-refractivity contribution >= 4 is 17.4 Å². The molecular weight excluding hydrogens is 296 g/mol. The van der Waals surface area contributed by atoms with Gasteiger partial charge in [-0.3, -0.25) is 4.79 Å². The van der Waals surface area contributed by atoms with E-state index in [4.69, 9.17) is 5.11 Å². The maximum Gasteiger partial charge on any atom is 0.303 e. The van der Waals surface area contributed by atoms with Gasteiger partial charge in [0.1, 0.15) is 5.82 Å². The highest BCUT2D eigenvalue weighted by atomic mass is 16.4. The van der Waals surface area contributed by atoms with Gasteiger partial charge in [0.2, 0.25) is 0 Å². The highest BCUT2D eigenvalue weighted by Gasteiger charge is 2.13. The molecule has 0 aliphatic heterocycles. The van der Waals surface area contributed by atoms with E-state index in [0.29, 0.717) is 24.3 Å². The molecule has 0 amide bonds. The van der Waals surface area contributed by atoms with Gasteiger partial charge in [0, 0.05) is 12.5 Å². The topological polar surface area (TPSA) is 105 Å². The van der Waals surface area contributed by atoms with Crippen molar-refractivity contribution in [1.29, 1.82) is 0 Å². The normalized spacial score (nSPS) is 12.2. The summed E-state index contributed by atoms with van der Waals surface area (Å²) in [5.74, 6) is -0.204. The Morgan fingerprint density at radius 1 is 1.22 bits per heavy atom. The van der Waals surface area contributed by atoms with Crippen LogP contribution >= 0.6 is 0 Å². The van der Waals surface area contributed by atoms with Gasteiger partial charge in [-0.2, -0.15) is 0 Å². The van der Waals surface area contributed by atoms with E-state index in [9.17, 15) is 4.79 Å². The van der Waals surface area contributed by atoms with E-state index in [2.05, 4.69) is 25.9 Å². The maximum atomic E-state index is 10.9. The van der Waals surface area contributed by atoms with Crippen LogP contribution in [0.5, 0.6) is 0 Å². The molecule has 2 N–H and O–H groups in total. The number of rotatable bonds is 7. The fraction of sp³-hybridized carbons (Fsp3) is 0.267. The number of aromatic nitrogens is 5. The van der Waals surface area contributed by atoms with Gasteiger partial charge in [-0.05, 0) is 41.0 Å². The number of hydrogen-bond acceptors (Lipinski definition) is 6. The van der Waals surface area contributed by atoms with Crippen molar-refractivity contribution in [3.63, 3.8) is 0 Å². The first-order valence-electron chi connectivity index (χ1n) is 7.28. The maximum absolute atomic E-state index is 10.9. The number of anilines is 1. The largest absolute Gasteiger partial charge is 0.481 e. The van der Waals surface area contributed by atoms with Crippen LogP contribution in [0.15, 0.2) is 42.5 Å². The summed E-state index contributed by atoms with van der Waals surface area (Å²) in [6.45, 7) is 0. The summed E-state index contributed by atoms with van der Waals surface area (Å²) in [6.07, 6.45) is 1.31. The van der Waals surface area contributed by atoms with E-state index in [0.717, 1.165) is 5.56 Å². The molecule has 1 aromatic carbocycles. The molecule has 0 saturated carbocycles. The number of hydrogen-bond donors (Lipinski definition) is 2. The molecule has 1 atom stereocenters. The zero-order valence-electron chi connectivity index (χ0n) is 12.3. The predicted molar refractivity (Wildman–Crippen MR) is 83.0 cm³/mol. The monoisotopic (exact) mass is 312 g/mol. The van der Waals surface area contributed by atoms with Crippen molar-refractivity contribution in [1.82, 2.24) is 25.3 Å². The molecule has 2 heterocycles. The van der Waals surface area contributed by atoms with Gasteiger partial charge in [0.25, 0.3) is 0 Å². The lowest BCUT2D eigenvalue weighted by molar-refractivity contribution is -0.137. The molecule has 3 rings (SSSR count). The first kappa shape index (κ1) is 14.9. The quantitative estimate of drug-likeness (QED) is 0.679. The van der Waals surface area contributed by atoms with E-state index in [1.807, 2.05) is 30.3 Å². The Morgan fingerprint density at radius 2 is 2.04 bits per heavy atom. The molecule has 0 aliphatic rings. The standard InChI is InChI=1S/C15H16N6O2/c22-15(23)9-6-12(10-11-4-2-1-3-5-11)16-13-7-8-14-17-19-20-21(14)18-13/h1-5,7-8,12H,6,9-10H2,(H,16,18)(H,22,23). The molecule has 0 aliphatic carbocycles. The lowest BCUT2D eigenvalue weighted by Gasteiger charge is -2.18. The number of nitrogens with zero attached hydrogens (tertiary/aromatic N) is 5. The second kappa shape index (κ2) is 6.82. The molecule has 0 saturated heterocycles. The van der Waals surface area contributed by atoms with Crippen molar-refractivity contribution in [2.75, 3.05) is 5.32 Å². The average molecular weight is 312 g/mol. The predicted octanol–water partition coefficient (Wildman–Crippen LogP) is 1.41. The molecule has 118 valence electrons. The first-order valence-corrected chi connectivity index (χ1v) is 7.28. The Morgan fingerprint density at radius 3 is 2.83 bits per heavy atom. The summed E-state index contributed by atoms with van der Waals surface area (Å²) >= 11 is 0. The second-order valence-corrected chi connectivity index (χ2v) is 5.21. The lowest BCUT2D eigenvalue weighted by Crippen LogP contribution is -2.24. The molecule has 8 heteroatoms. The number of carboxylic acid groups (broad SMARTS) is 1.